The molecule has 0 aliphatic carbocycles. The standard InChI is InChI=1S/C11H15BrClNO2/c1-14-6-9(7-15-2)16-11-5-8(12)3-4-10(11)13/h3-5,9,14H,6-7H2,1-2H3. The lowest BCUT2D eigenvalue weighted by Crippen LogP contribution is -2.33. The molecule has 3 nitrogen and oxygen atoms in total. The third-order valence-electron chi connectivity index (χ3n) is 1.97. The Hall–Kier alpha value is -0.290. The van der Waals surface area contributed by atoms with Crippen molar-refractivity contribution in [3.63, 3.8) is 0 Å². The lowest BCUT2D eigenvalue weighted by molar-refractivity contribution is 0.0819. The fourth-order valence-corrected chi connectivity index (χ4v) is 1.80. The molecule has 0 aromatic heterocycles. The molecule has 1 aromatic rings. The number of methoxy groups -OCH3 is 1. The van der Waals surface area contributed by atoms with Gasteiger partial charge in [-0.15, -0.1) is 0 Å². The summed E-state index contributed by atoms with van der Waals surface area (Å²) in [6.45, 7) is 1.22. The van der Waals surface area contributed by atoms with Crippen LogP contribution in [-0.2, 0) is 4.74 Å². The summed E-state index contributed by atoms with van der Waals surface area (Å²) < 4.78 is 11.8. The van der Waals surface area contributed by atoms with Crippen LogP contribution in [0.1, 0.15) is 0 Å². The highest BCUT2D eigenvalue weighted by Gasteiger charge is 2.11. The molecule has 0 saturated heterocycles. The molecular weight excluding hydrogens is 293 g/mol. The highest BCUT2D eigenvalue weighted by molar-refractivity contribution is 9.10. The van der Waals surface area contributed by atoms with Gasteiger partial charge >= 0.3 is 0 Å². The Morgan fingerprint density at radius 2 is 2.25 bits per heavy atom. The first kappa shape index (κ1) is 13.8. The summed E-state index contributed by atoms with van der Waals surface area (Å²) >= 11 is 9.41. The molecule has 0 heterocycles. The molecule has 5 heteroatoms. The average molecular weight is 309 g/mol. The predicted octanol–water partition coefficient (Wildman–Crippen LogP) is 2.72. The van der Waals surface area contributed by atoms with Crippen molar-refractivity contribution in [2.45, 2.75) is 6.10 Å². The second-order valence-electron chi connectivity index (χ2n) is 3.33. The van der Waals surface area contributed by atoms with E-state index in [0.29, 0.717) is 23.9 Å². The van der Waals surface area contributed by atoms with Gasteiger partial charge in [-0.25, -0.2) is 0 Å². The van der Waals surface area contributed by atoms with Crippen LogP contribution in [0, 0.1) is 0 Å². The Morgan fingerprint density at radius 3 is 2.88 bits per heavy atom. The van der Waals surface area contributed by atoms with Gasteiger partial charge in [0.25, 0.3) is 0 Å². The van der Waals surface area contributed by atoms with E-state index < -0.39 is 0 Å². The van der Waals surface area contributed by atoms with Gasteiger partial charge in [0.05, 0.1) is 11.6 Å². The number of benzene rings is 1. The van der Waals surface area contributed by atoms with Crippen LogP contribution in [0.3, 0.4) is 0 Å². The Morgan fingerprint density at radius 1 is 1.50 bits per heavy atom. The lowest BCUT2D eigenvalue weighted by Gasteiger charge is -2.18. The zero-order chi connectivity index (χ0) is 12.0. The van der Waals surface area contributed by atoms with Crippen LogP contribution >= 0.6 is 27.5 Å². The van der Waals surface area contributed by atoms with Crippen molar-refractivity contribution in [1.82, 2.24) is 5.32 Å². The first-order chi connectivity index (χ1) is 7.67. The number of likely N-dealkylation sites (N-methyl/N-ethyl adjacent to an activating group) is 1. The van der Waals surface area contributed by atoms with E-state index in [2.05, 4.69) is 21.2 Å². The molecule has 1 unspecified atom stereocenters. The molecule has 1 N–H and O–H groups in total. The van der Waals surface area contributed by atoms with Gasteiger partial charge in [-0.3, -0.25) is 0 Å². The maximum atomic E-state index is 6.03. The summed E-state index contributed by atoms with van der Waals surface area (Å²) in [4.78, 5) is 0. The van der Waals surface area contributed by atoms with Gasteiger partial charge in [0.1, 0.15) is 11.9 Å². The Bertz CT molecular complexity index is 330. The second-order valence-corrected chi connectivity index (χ2v) is 4.65. The highest BCUT2D eigenvalue weighted by atomic mass is 79.9. The molecule has 0 radical (unpaired) electrons. The van der Waals surface area contributed by atoms with Crippen LogP contribution in [0.2, 0.25) is 5.02 Å². The maximum Gasteiger partial charge on any atom is 0.139 e. The number of hydrogen-bond donors (Lipinski definition) is 1. The van der Waals surface area contributed by atoms with Crippen LogP contribution in [-0.4, -0.2) is 33.4 Å². The highest BCUT2D eigenvalue weighted by Crippen LogP contribution is 2.28. The summed E-state index contributed by atoms with van der Waals surface area (Å²) in [6.07, 6.45) is -0.0539. The molecule has 0 saturated carbocycles. The van der Waals surface area contributed by atoms with Gasteiger partial charge in [-0.2, -0.15) is 0 Å². The Kier molecular flexibility index (Phi) is 6.13. The number of rotatable bonds is 6. The van der Waals surface area contributed by atoms with E-state index in [9.17, 15) is 0 Å². The minimum atomic E-state index is -0.0539. The van der Waals surface area contributed by atoms with Crippen molar-refractivity contribution in [2.75, 3.05) is 27.3 Å². The first-order valence-electron chi connectivity index (χ1n) is 4.92. The second kappa shape index (κ2) is 7.12. The fraction of sp³-hybridized carbons (Fsp3) is 0.455. The summed E-state index contributed by atoms with van der Waals surface area (Å²) in [6, 6.07) is 5.52. The molecule has 90 valence electrons. The monoisotopic (exact) mass is 307 g/mol. The third-order valence-corrected chi connectivity index (χ3v) is 2.78. The number of halogens is 2. The predicted molar refractivity (Wildman–Crippen MR) is 69.4 cm³/mol. The van der Waals surface area contributed by atoms with Gasteiger partial charge in [-0.1, -0.05) is 27.5 Å². The minimum absolute atomic E-state index is 0.0539. The normalized spacial score (nSPS) is 12.5. The smallest absolute Gasteiger partial charge is 0.139 e. The molecule has 0 aliphatic rings. The fourth-order valence-electron chi connectivity index (χ4n) is 1.30. The molecule has 0 aliphatic heterocycles. The van der Waals surface area contributed by atoms with E-state index in [1.165, 1.54) is 0 Å². The SMILES string of the molecule is CNCC(COC)Oc1cc(Br)ccc1Cl. The molecule has 16 heavy (non-hydrogen) atoms. The van der Waals surface area contributed by atoms with Crippen molar-refractivity contribution >= 4 is 27.5 Å². The molecule has 0 spiro atoms. The third kappa shape index (κ3) is 4.29. The van der Waals surface area contributed by atoms with Gasteiger partial charge in [0, 0.05) is 18.1 Å². The molecule has 1 aromatic carbocycles. The van der Waals surface area contributed by atoms with E-state index in [1.807, 2.05) is 19.2 Å². The van der Waals surface area contributed by atoms with E-state index in [4.69, 9.17) is 21.1 Å². The van der Waals surface area contributed by atoms with Gasteiger partial charge in [0.2, 0.25) is 0 Å². The van der Waals surface area contributed by atoms with Crippen LogP contribution < -0.4 is 10.1 Å². The average Bonchev–Trinajstić information content (AvgIpc) is 2.24. The largest absolute Gasteiger partial charge is 0.485 e. The molecule has 1 rings (SSSR count). The first-order valence-corrected chi connectivity index (χ1v) is 6.09. The summed E-state index contributed by atoms with van der Waals surface area (Å²) in [5.41, 5.74) is 0. The molecule has 1 atom stereocenters. The zero-order valence-electron chi connectivity index (χ0n) is 9.30. The van der Waals surface area contributed by atoms with Crippen molar-refractivity contribution < 1.29 is 9.47 Å². The van der Waals surface area contributed by atoms with Crippen molar-refractivity contribution in [1.29, 1.82) is 0 Å². The van der Waals surface area contributed by atoms with Gasteiger partial charge in [-0.05, 0) is 25.2 Å². The number of nitrogens with one attached hydrogen (secondary N) is 1. The Labute approximate surface area is 109 Å². The van der Waals surface area contributed by atoms with Crippen LogP contribution in [0.5, 0.6) is 5.75 Å². The van der Waals surface area contributed by atoms with E-state index in [1.54, 1.807) is 13.2 Å². The quantitative estimate of drug-likeness (QED) is 0.876. The molecule has 0 fully saturated rings. The Balaban J connectivity index is 2.71. The molecular formula is C11H15BrClNO2. The van der Waals surface area contributed by atoms with Crippen molar-refractivity contribution in [3.8, 4) is 5.75 Å². The molecule has 0 amide bonds. The van der Waals surface area contributed by atoms with Gasteiger partial charge < -0.3 is 14.8 Å². The topological polar surface area (TPSA) is 30.5 Å². The summed E-state index contributed by atoms with van der Waals surface area (Å²) in [5, 5.41) is 3.64. The van der Waals surface area contributed by atoms with Crippen molar-refractivity contribution in [3.05, 3.63) is 27.7 Å². The lowest BCUT2D eigenvalue weighted by atomic mass is 10.3. The number of ether oxygens (including phenoxy) is 2. The van der Waals surface area contributed by atoms with E-state index in [-0.39, 0.29) is 6.10 Å². The summed E-state index contributed by atoms with van der Waals surface area (Å²) in [7, 11) is 3.52. The van der Waals surface area contributed by atoms with E-state index in [0.717, 1.165) is 4.47 Å². The minimum Gasteiger partial charge on any atom is -0.485 e. The maximum absolute atomic E-state index is 6.03. The zero-order valence-corrected chi connectivity index (χ0v) is 11.6. The van der Waals surface area contributed by atoms with Gasteiger partial charge in [0.15, 0.2) is 0 Å². The van der Waals surface area contributed by atoms with Crippen LogP contribution in [0.15, 0.2) is 22.7 Å². The molecule has 0 bridgehead atoms. The van der Waals surface area contributed by atoms with Crippen LogP contribution in [0.25, 0.3) is 0 Å². The van der Waals surface area contributed by atoms with Crippen molar-refractivity contribution in [2.24, 2.45) is 0 Å². The number of hydrogen-bond acceptors (Lipinski definition) is 3. The van der Waals surface area contributed by atoms with E-state index >= 15 is 0 Å². The summed E-state index contributed by atoms with van der Waals surface area (Å²) in [5.74, 6) is 0.661. The van der Waals surface area contributed by atoms with Crippen LogP contribution in [0.4, 0.5) is 0 Å².